The largest absolute Gasteiger partial charge is 0.325 e. The molecule has 0 aliphatic heterocycles. The van der Waals surface area contributed by atoms with Gasteiger partial charge in [0, 0.05) is 5.69 Å². The predicted octanol–water partition coefficient (Wildman–Crippen LogP) is 6.80. The van der Waals surface area contributed by atoms with E-state index in [4.69, 9.17) is 0 Å². The molecule has 0 fully saturated rings. The Bertz CT molecular complexity index is 1510. The summed E-state index contributed by atoms with van der Waals surface area (Å²) in [4.78, 5) is 42.1. The first-order valence-electron chi connectivity index (χ1n) is 13.5. The molecule has 202 valence electrons. The van der Waals surface area contributed by atoms with Gasteiger partial charge in [-0.05, 0) is 40.5 Å². The Labute approximate surface area is 240 Å². The van der Waals surface area contributed by atoms with Crippen molar-refractivity contribution in [3.05, 3.63) is 168 Å². The molecule has 0 atom stereocenters. The first-order chi connectivity index (χ1) is 20.1. The minimum atomic E-state index is -0.531. The van der Waals surface area contributed by atoms with E-state index in [0.29, 0.717) is 11.4 Å². The molecule has 5 rings (SSSR count). The Morgan fingerprint density at radius 2 is 0.976 bits per heavy atom. The second kappa shape index (κ2) is 13.2. The van der Waals surface area contributed by atoms with Crippen LogP contribution in [0.3, 0.4) is 0 Å². The third-order valence-corrected chi connectivity index (χ3v) is 6.80. The number of amides is 3. The van der Waals surface area contributed by atoms with Crippen molar-refractivity contribution in [3.63, 3.8) is 0 Å². The lowest BCUT2D eigenvalue weighted by Gasteiger charge is -2.23. The highest BCUT2D eigenvalue weighted by molar-refractivity contribution is 6.16. The maximum Gasteiger partial charge on any atom is 0.238 e. The van der Waals surface area contributed by atoms with Crippen molar-refractivity contribution in [1.82, 2.24) is 0 Å². The average molecular weight is 539 g/mol. The first-order valence-corrected chi connectivity index (χ1v) is 13.5. The summed E-state index contributed by atoms with van der Waals surface area (Å²) in [5, 5.41) is 3.02. The molecule has 5 heteroatoms. The van der Waals surface area contributed by atoms with Gasteiger partial charge in [0.05, 0.1) is 24.4 Å². The molecule has 3 amide bonds. The van der Waals surface area contributed by atoms with Crippen LogP contribution in [0.5, 0.6) is 0 Å². The maximum absolute atomic E-state index is 13.7. The molecule has 0 aliphatic carbocycles. The number of nitrogens with zero attached hydrogens (tertiary/aromatic N) is 1. The number of rotatable bonds is 9. The molecule has 1 N–H and O–H groups in total. The first kappa shape index (κ1) is 27.3. The van der Waals surface area contributed by atoms with Crippen molar-refractivity contribution in [1.29, 1.82) is 0 Å². The van der Waals surface area contributed by atoms with Crippen LogP contribution < -0.4 is 10.2 Å². The fraction of sp³-hybridized carbons (Fsp3) is 0.0833. The molecule has 5 aromatic rings. The Balaban J connectivity index is 1.44. The molecular formula is C36H30N2O3. The van der Waals surface area contributed by atoms with Gasteiger partial charge in [0.1, 0.15) is 0 Å². The van der Waals surface area contributed by atoms with Gasteiger partial charge in [-0.2, -0.15) is 0 Å². The van der Waals surface area contributed by atoms with Gasteiger partial charge in [-0.3, -0.25) is 14.4 Å². The van der Waals surface area contributed by atoms with Gasteiger partial charge in [-0.15, -0.1) is 0 Å². The van der Waals surface area contributed by atoms with Gasteiger partial charge < -0.3 is 5.32 Å². The van der Waals surface area contributed by atoms with Crippen molar-refractivity contribution in [2.24, 2.45) is 0 Å². The molecule has 41 heavy (non-hydrogen) atoms. The summed E-state index contributed by atoms with van der Waals surface area (Å²) in [6.45, 7) is 0. The third-order valence-electron chi connectivity index (χ3n) is 6.80. The topological polar surface area (TPSA) is 66.5 Å². The Morgan fingerprint density at radius 1 is 0.537 bits per heavy atom. The third kappa shape index (κ3) is 7.02. The zero-order chi connectivity index (χ0) is 28.4. The molecule has 0 saturated heterocycles. The number of benzene rings is 5. The molecule has 0 aliphatic rings. The molecule has 0 spiro atoms. The lowest BCUT2D eigenvalue weighted by atomic mass is 9.90. The van der Waals surface area contributed by atoms with E-state index < -0.39 is 5.92 Å². The van der Waals surface area contributed by atoms with E-state index in [9.17, 15) is 14.4 Å². The Morgan fingerprint density at radius 3 is 1.44 bits per heavy atom. The monoisotopic (exact) mass is 538 g/mol. The summed E-state index contributed by atoms with van der Waals surface area (Å²) < 4.78 is 0. The van der Waals surface area contributed by atoms with Crippen molar-refractivity contribution in [3.8, 4) is 0 Å². The van der Waals surface area contributed by atoms with Crippen LogP contribution in [0.25, 0.3) is 0 Å². The van der Waals surface area contributed by atoms with E-state index in [2.05, 4.69) is 5.32 Å². The number of hydrogen-bond acceptors (Lipinski definition) is 3. The second-order valence-electron chi connectivity index (χ2n) is 9.74. The summed E-state index contributed by atoms with van der Waals surface area (Å²) >= 11 is 0. The lowest BCUT2D eigenvalue weighted by Crippen LogP contribution is -2.39. The van der Waals surface area contributed by atoms with Crippen LogP contribution in [0.2, 0.25) is 0 Å². The Kier molecular flexibility index (Phi) is 8.77. The molecule has 0 radical (unpaired) electrons. The summed E-state index contributed by atoms with van der Waals surface area (Å²) in [7, 11) is 0. The minimum absolute atomic E-state index is 0.0715. The average Bonchev–Trinajstić information content (AvgIpc) is 3.00. The van der Waals surface area contributed by atoms with Gasteiger partial charge in [0.25, 0.3) is 0 Å². The van der Waals surface area contributed by atoms with Crippen LogP contribution in [-0.2, 0) is 27.2 Å². The van der Waals surface area contributed by atoms with Crippen LogP contribution in [-0.4, -0.2) is 17.7 Å². The summed E-state index contributed by atoms with van der Waals surface area (Å²) in [6, 6.07) is 44.8. The van der Waals surface area contributed by atoms with E-state index in [1.54, 1.807) is 24.3 Å². The van der Waals surface area contributed by atoms with E-state index in [0.717, 1.165) is 22.3 Å². The van der Waals surface area contributed by atoms with E-state index in [1.807, 2.05) is 121 Å². The van der Waals surface area contributed by atoms with Crippen LogP contribution in [0.15, 0.2) is 146 Å². The van der Waals surface area contributed by atoms with Gasteiger partial charge in [0.2, 0.25) is 17.7 Å². The lowest BCUT2D eigenvalue weighted by molar-refractivity contribution is -0.126. The SMILES string of the molecule is O=C(Nc1cccc(N(C(=O)Cc2ccccc2)C(=O)Cc2ccccc2)c1)C(c1ccccc1)c1ccccc1. The maximum atomic E-state index is 13.7. The molecule has 0 aromatic heterocycles. The van der Waals surface area contributed by atoms with E-state index in [1.165, 1.54) is 4.90 Å². The molecule has 0 unspecified atom stereocenters. The number of nitrogens with one attached hydrogen (secondary N) is 1. The number of hydrogen-bond donors (Lipinski definition) is 1. The van der Waals surface area contributed by atoms with Gasteiger partial charge >= 0.3 is 0 Å². The zero-order valence-corrected chi connectivity index (χ0v) is 22.5. The van der Waals surface area contributed by atoms with E-state index in [-0.39, 0.29) is 30.6 Å². The van der Waals surface area contributed by atoms with E-state index >= 15 is 0 Å². The van der Waals surface area contributed by atoms with Crippen molar-refractivity contribution >= 4 is 29.1 Å². The van der Waals surface area contributed by atoms with Crippen LogP contribution >= 0.6 is 0 Å². The van der Waals surface area contributed by atoms with Crippen molar-refractivity contribution < 1.29 is 14.4 Å². The molecule has 0 heterocycles. The van der Waals surface area contributed by atoms with Crippen LogP contribution in [0, 0.1) is 0 Å². The van der Waals surface area contributed by atoms with Crippen LogP contribution in [0.1, 0.15) is 28.2 Å². The number of carbonyl (C=O) groups is 3. The van der Waals surface area contributed by atoms with Crippen molar-refractivity contribution in [2.45, 2.75) is 18.8 Å². The fourth-order valence-electron chi connectivity index (χ4n) is 4.85. The summed E-state index contributed by atoms with van der Waals surface area (Å²) in [5.74, 6) is -1.42. The molecule has 5 aromatic carbocycles. The zero-order valence-electron chi connectivity index (χ0n) is 22.5. The van der Waals surface area contributed by atoms with Gasteiger partial charge in [-0.25, -0.2) is 4.90 Å². The smallest absolute Gasteiger partial charge is 0.238 e. The highest BCUT2D eigenvalue weighted by Gasteiger charge is 2.26. The molecule has 0 saturated carbocycles. The summed E-state index contributed by atoms with van der Waals surface area (Å²) in [6.07, 6.45) is 0.143. The normalized spacial score (nSPS) is 10.7. The quantitative estimate of drug-likeness (QED) is 0.224. The van der Waals surface area contributed by atoms with Crippen molar-refractivity contribution in [2.75, 3.05) is 10.2 Å². The second-order valence-corrected chi connectivity index (χ2v) is 9.74. The Hall–Kier alpha value is -5.29. The number of anilines is 2. The minimum Gasteiger partial charge on any atom is -0.325 e. The highest BCUT2D eigenvalue weighted by Crippen LogP contribution is 2.28. The fourth-order valence-corrected chi connectivity index (χ4v) is 4.85. The predicted molar refractivity (Wildman–Crippen MR) is 163 cm³/mol. The summed E-state index contributed by atoms with van der Waals surface area (Å²) in [5.41, 5.74) is 4.26. The standard InChI is InChI=1S/C36H30N2O3/c39-33(24-27-14-5-1-6-15-27)38(34(40)25-28-16-7-2-8-17-28)32-23-13-22-31(26-32)37-36(41)35(29-18-9-3-10-19-29)30-20-11-4-12-21-30/h1-23,26,35H,24-25H2,(H,37,41). The highest BCUT2D eigenvalue weighted by atomic mass is 16.2. The molecule has 5 nitrogen and oxygen atoms in total. The van der Waals surface area contributed by atoms with Gasteiger partial charge in [-0.1, -0.05) is 127 Å². The van der Waals surface area contributed by atoms with Gasteiger partial charge in [0.15, 0.2) is 0 Å². The molecule has 0 bridgehead atoms. The number of imide groups is 1. The molecular weight excluding hydrogens is 508 g/mol. The number of carbonyl (C=O) groups excluding carboxylic acids is 3. The van der Waals surface area contributed by atoms with Crippen LogP contribution in [0.4, 0.5) is 11.4 Å².